The summed E-state index contributed by atoms with van der Waals surface area (Å²) in [6.45, 7) is 3.17. The van der Waals surface area contributed by atoms with Gasteiger partial charge in [0.15, 0.2) is 0 Å². The summed E-state index contributed by atoms with van der Waals surface area (Å²) in [5.41, 5.74) is 0.853. The number of aromatic nitrogens is 2. The molecule has 3 heterocycles. The van der Waals surface area contributed by atoms with Crippen LogP contribution < -0.4 is 10.1 Å². The normalized spacial score (nSPS) is 22.5. The highest BCUT2D eigenvalue weighted by Crippen LogP contribution is 2.19. The van der Waals surface area contributed by atoms with Crippen LogP contribution in [0.3, 0.4) is 0 Å². The molecule has 0 spiro atoms. The Kier molecular flexibility index (Phi) is 4.22. The minimum Gasteiger partial charge on any atom is -0.473 e. The number of carbonyl (C=O) groups is 2. The van der Waals surface area contributed by atoms with E-state index in [9.17, 15) is 9.59 Å². The Hall–Kier alpha value is -2.18. The molecule has 2 aliphatic heterocycles. The molecular formula is C15H20N4O3. The number of likely N-dealkylation sites (tertiary alicyclic amines) is 1. The highest BCUT2D eigenvalue weighted by Gasteiger charge is 2.33. The molecule has 0 bridgehead atoms. The molecule has 0 radical (unpaired) electrons. The lowest BCUT2D eigenvalue weighted by atomic mass is 10.1. The molecule has 0 aliphatic carbocycles. The van der Waals surface area contributed by atoms with Gasteiger partial charge in [0.05, 0.1) is 5.69 Å². The van der Waals surface area contributed by atoms with Crippen LogP contribution in [0.25, 0.3) is 0 Å². The van der Waals surface area contributed by atoms with Crippen molar-refractivity contribution in [2.75, 3.05) is 13.1 Å². The molecule has 2 aliphatic rings. The second kappa shape index (κ2) is 6.29. The minimum atomic E-state index is -0.340. The van der Waals surface area contributed by atoms with Gasteiger partial charge in [-0.25, -0.2) is 0 Å². The van der Waals surface area contributed by atoms with Gasteiger partial charge in [0.2, 0.25) is 17.7 Å². The van der Waals surface area contributed by atoms with Crippen LogP contribution >= 0.6 is 0 Å². The number of nitrogens with zero attached hydrogens (tertiary/aromatic N) is 3. The van der Waals surface area contributed by atoms with Crippen molar-refractivity contribution in [3.63, 3.8) is 0 Å². The Labute approximate surface area is 129 Å². The molecule has 22 heavy (non-hydrogen) atoms. The van der Waals surface area contributed by atoms with Crippen molar-refractivity contribution in [2.24, 2.45) is 0 Å². The molecule has 1 atom stereocenters. The Morgan fingerprint density at radius 1 is 1.27 bits per heavy atom. The molecule has 1 aromatic heterocycles. The molecule has 3 rings (SSSR count). The predicted octanol–water partition coefficient (Wildman–Crippen LogP) is 0.433. The molecule has 7 nitrogen and oxygen atoms in total. The van der Waals surface area contributed by atoms with Crippen molar-refractivity contribution in [3.8, 4) is 5.88 Å². The van der Waals surface area contributed by atoms with E-state index < -0.39 is 0 Å². The molecule has 1 aromatic rings. The first-order valence-corrected chi connectivity index (χ1v) is 7.67. The topological polar surface area (TPSA) is 84.4 Å². The molecular weight excluding hydrogens is 284 g/mol. The number of rotatable bonds is 3. The summed E-state index contributed by atoms with van der Waals surface area (Å²) in [4.78, 5) is 25.3. The zero-order valence-corrected chi connectivity index (χ0v) is 12.6. The first kappa shape index (κ1) is 14.7. The molecule has 1 N–H and O–H groups in total. The maximum Gasteiger partial charge on any atom is 0.245 e. The predicted molar refractivity (Wildman–Crippen MR) is 78.2 cm³/mol. The molecule has 118 valence electrons. The van der Waals surface area contributed by atoms with Gasteiger partial charge >= 0.3 is 0 Å². The zero-order valence-electron chi connectivity index (χ0n) is 12.6. The molecule has 0 saturated carbocycles. The maximum absolute atomic E-state index is 12.3. The lowest BCUT2D eigenvalue weighted by Crippen LogP contribution is -2.49. The summed E-state index contributed by atoms with van der Waals surface area (Å²) in [6, 6.07) is 3.34. The lowest BCUT2D eigenvalue weighted by molar-refractivity contribution is -0.136. The van der Waals surface area contributed by atoms with Crippen LogP contribution in [-0.4, -0.2) is 52.1 Å². The van der Waals surface area contributed by atoms with Crippen LogP contribution in [-0.2, 0) is 9.59 Å². The second-order valence-electron chi connectivity index (χ2n) is 5.81. The van der Waals surface area contributed by atoms with Crippen LogP contribution in [0, 0.1) is 6.92 Å². The van der Waals surface area contributed by atoms with E-state index in [-0.39, 0.29) is 24.0 Å². The van der Waals surface area contributed by atoms with Gasteiger partial charge in [0.25, 0.3) is 0 Å². The lowest BCUT2D eigenvalue weighted by Gasteiger charge is -2.33. The van der Waals surface area contributed by atoms with E-state index in [2.05, 4.69) is 15.5 Å². The third kappa shape index (κ3) is 3.35. The summed E-state index contributed by atoms with van der Waals surface area (Å²) in [5, 5.41) is 10.7. The van der Waals surface area contributed by atoms with E-state index in [0.717, 1.165) is 18.5 Å². The van der Waals surface area contributed by atoms with Crippen molar-refractivity contribution in [3.05, 3.63) is 17.8 Å². The van der Waals surface area contributed by atoms with Gasteiger partial charge in [-0.1, -0.05) is 0 Å². The first-order chi connectivity index (χ1) is 10.6. The van der Waals surface area contributed by atoms with E-state index in [0.29, 0.717) is 31.8 Å². The number of aryl methyl sites for hydroxylation is 1. The summed E-state index contributed by atoms with van der Waals surface area (Å²) in [7, 11) is 0. The molecule has 1 unspecified atom stereocenters. The Balaban J connectivity index is 1.48. The van der Waals surface area contributed by atoms with Gasteiger partial charge in [-0.05, 0) is 19.4 Å². The quantitative estimate of drug-likeness (QED) is 0.875. The molecule has 2 saturated heterocycles. The fourth-order valence-electron chi connectivity index (χ4n) is 2.83. The minimum absolute atomic E-state index is 0.0272. The Morgan fingerprint density at radius 3 is 2.64 bits per heavy atom. The fourth-order valence-corrected chi connectivity index (χ4v) is 2.83. The number of hydrogen-bond acceptors (Lipinski definition) is 5. The average molecular weight is 304 g/mol. The standard InChI is InChI=1S/C15H20N4O3/c1-10-2-5-14(18-17-10)22-11-6-8-19(9-7-11)15(21)12-3-4-13(20)16-12/h2,5,11-12H,3-4,6-9H2,1H3,(H,16,20). The highest BCUT2D eigenvalue weighted by molar-refractivity contribution is 5.90. The summed E-state index contributed by atoms with van der Waals surface area (Å²) in [5.74, 6) is 0.521. The first-order valence-electron chi connectivity index (χ1n) is 7.67. The molecule has 2 fully saturated rings. The van der Waals surface area contributed by atoms with E-state index >= 15 is 0 Å². The maximum atomic E-state index is 12.3. The Bertz CT molecular complexity index is 552. The van der Waals surface area contributed by atoms with Crippen LogP contribution in [0.2, 0.25) is 0 Å². The van der Waals surface area contributed by atoms with Crippen molar-refractivity contribution >= 4 is 11.8 Å². The van der Waals surface area contributed by atoms with Crippen molar-refractivity contribution in [1.82, 2.24) is 20.4 Å². The summed E-state index contributed by atoms with van der Waals surface area (Å²) < 4.78 is 5.80. The summed E-state index contributed by atoms with van der Waals surface area (Å²) >= 11 is 0. The highest BCUT2D eigenvalue weighted by atomic mass is 16.5. The van der Waals surface area contributed by atoms with Gasteiger partial charge in [-0.2, -0.15) is 5.10 Å². The number of piperidine rings is 1. The number of carbonyl (C=O) groups excluding carboxylic acids is 2. The van der Waals surface area contributed by atoms with Crippen molar-refractivity contribution in [2.45, 2.75) is 44.8 Å². The SMILES string of the molecule is Cc1ccc(OC2CCN(C(=O)C3CCC(=O)N3)CC2)nn1. The molecule has 7 heteroatoms. The van der Waals surface area contributed by atoms with Crippen LogP contribution in [0.1, 0.15) is 31.4 Å². The zero-order chi connectivity index (χ0) is 15.5. The second-order valence-corrected chi connectivity index (χ2v) is 5.81. The Morgan fingerprint density at radius 2 is 2.05 bits per heavy atom. The van der Waals surface area contributed by atoms with Gasteiger partial charge in [-0.3, -0.25) is 9.59 Å². The van der Waals surface area contributed by atoms with Crippen LogP contribution in [0.5, 0.6) is 5.88 Å². The largest absolute Gasteiger partial charge is 0.473 e. The monoisotopic (exact) mass is 304 g/mol. The van der Waals surface area contributed by atoms with Crippen LogP contribution in [0.4, 0.5) is 0 Å². The molecule has 2 amide bonds. The van der Waals surface area contributed by atoms with Gasteiger partial charge in [0, 0.05) is 38.4 Å². The van der Waals surface area contributed by atoms with E-state index in [4.69, 9.17) is 4.74 Å². The average Bonchev–Trinajstić information content (AvgIpc) is 2.96. The van der Waals surface area contributed by atoms with Crippen LogP contribution in [0.15, 0.2) is 12.1 Å². The van der Waals surface area contributed by atoms with Crippen molar-refractivity contribution < 1.29 is 14.3 Å². The van der Waals surface area contributed by atoms with E-state index in [1.54, 1.807) is 0 Å². The smallest absolute Gasteiger partial charge is 0.245 e. The fraction of sp³-hybridized carbons (Fsp3) is 0.600. The van der Waals surface area contributed by atoms with E-state index in [1.165, 1.54) is 0 Å². The summed E-state index contributed by atoms with van der Waals surface area (Å²) in [6.07, 6.45) is 2.64. The molecule has 0 aromatic carbocycles. The van der Waals surface area contributed by atoms with Gasteiger partial charge in [0.1, 0.15) is 12.1 Å². The number of nitrogens with one attached hydrogen (secondary N) is 1. The van der Waals surface area contributed by atoms with Gasteiger partial charge in [-0.15, -0.1) is 5.10 Å². The third-order valence-electron chi connectivity index (χ3n) is 4.11. The third-order valence-corrected chi connectivity index (χ3v) is 4.11. The number of amides is 2. The number of hydrogen-bond donors (Lipinski definition) is 1. The van der Waals surface area contributed by atoms with E-state index in [1.807, 2.05) is 24.0 Å². The number of ether oxygens (including phenoxy) is 1. The van der Waals surface area contributed by atoms with Gasteiger partial charge < -0.3 is 15.0 Å². The van der Waals surface area contributed by atoms with Crippen molar-refractivity contribution in [1.29, 1.82) is 0 Å².